The van der Waals surface area contributed by atoms with Crippen molar-refractivity contribution < 1.29 is 22.3 Å². The van der Waals surface area contributed by atoms with Gasteiger partial charge in [0.2, 0.25) is 15.9 Å². The number of sulfonamides is 1. The van der Waals surface area contributed by atoms with E-state index in [1.807, 2.05) is 12.1 Å². The van der Waals surface area contributed by atoms with Crippen molar-refractivity contribution in [3.05, 3.63) is 58.3 Å². The zero-order chi connectivity index (χ0) is 22.6. The number of para-hydroxylation sites is 1. The molecule has 6 nitrogen and oxygen atoms in total. The quantitative estimate of drug-likeness (QED) is 0.588. The minimum Gasteiger partial charge on any atom is -0.490 e. The summed E-state index contributed by atoms with van der Waals surface area (Å²) in [5.74, 6) is -0.436. The van der Waals surface area contributed by atoms with Crippen LogP contribution in [0.1, 0.15) is 12.8 Å². The van der Waals surface area contributed by atoms with E-state index in [1.54, 1.807) is 24.1 Å². The number of carbonyl (C=O) groups is 1. The number of piperidine rings is 1. The monoisotopic (exact) mass is 488 g/mol. The van der Waals surface area contributed by atoms with Crippen molar-refractivity contribution >= 4 is 39.1 Å². The molecular formula is C21H23Cl2FN2O4S. The fourth-order valence-electron chi connectivity index (χ4n) is 3.41. The van der Waals surface area contributed by atoms with E-state index in [2.05, 4.69) is 0 Å². The number of nitrogens with zero attached hydrogens (tertiary/aromatic N) is 2. The summed E-state index contributed by atoms with van der Waals surface area (Å²) in [5, 5.41) is 0.263. The number of carbonyl (C=O) groups excluding carboxylic acids is 1. The van der Waals surface area contributed by atoms with Gasteiger partial charge in [0, 0.05) is 26.1 Å². The van der Waals surface area contributed by atoms with Crippen molar-refractivity contribution in [2.45, 2.75) is 17.7 Å². The van der Waals surface area contributed by atoms with Gasteiger partial charge in [0.15, 0.2) is 0 Å². The molecule has 0 radical (unpaired) electrons. The molecule has 1 saturated heterocycles. The molecule has 0 aromatic heterocycles. The summed E-state index contributed by atoms with van der Waals surface area (Å²) in [6, 6.07) is 10.4. The van der Waals surface area contributed by atoms with Gasteiger partial charge in [-0.3, -0.25) is 4.79 Å². The van der Waals surface area contributed by atoms with E-state index in [0.717, 1.165) is 12.1 Å². The van der Waals surface area contributed by atoms with Crippen LogP contribution in [0, 0.1) is 11.7 Å². The second-order valence-corrected chi connectivity index (χ2v) is 10.0. The summed E-state index contributed by atoms with van der Waals surface area (Å²) in [6.07, 6.45) is 0.811. The number of ether oxygens (including phenoxy) is 1. The molecule has 1 fully saturated rings. The highest BCUT2D eigenvalue weighted by Gasteiger charge is 2.33. The molecule has 1 aliphatic heterocycles. The third-order valence-corrected chi connectivity index (χ3v) is 7.73. The molecule has 31 heavy (non-hydrogen) atoms. The fraction of sp³-hybridized carbons (Fsp3) is 0.381. The van der Waals surface area contributed by atoms with Crippen LogP contribution in [0.15, 0.2) is 47.4 Å². The molecule has 1 amide bonds. The van der Waals surface area contributed by atoms with Gasteiger partial charge in [0.05, 0.1) is 21.5 Å². The number of hydrogen-bond donors (Lipinski definition) is 0. The minimum absolute atomic E-state index is 0.0513. The molecular weight excluding hydrogens is 466 g/mol. The Bertz CT molecular complexity index is 1040. The third kappa shape index (κ3) is 5.68. The molecule has 1 aliphatic rings. The van der Waals surface area contributed by atoms with Gasteiger partial charge in [-0.15, -0.1) is 0 Å². The van der Waals surface area contributed by atoms with Gasteiger partial charge in [-0.2, -0.15) is 4.31 Å². The van der Waals surface area contributed by atoms with Crippen LogP contribution < -0.4 is 4.74 Å². The smallest absolute Gasteiger partial charge is 0.243 e. The van der Waals surface area contributed by atoms with E-state index < -0.39 is 15.8 Å². The van der Waals surface area contributed by atoms with Gasteiger partial charge in [-0.05, 0) is 43.2 Å². The van der Waals surface area contributed by atoms with Crippen LogP contribution in [0.2, 0.25) is 10.0 Å². The molecule has 0 saturated carbocycles. The largest absolute Gasteiger partial charge is 0.490 e. The number of halogens is 3. The van der Waals surface area contributed by atoms with Gasteiger partial charge >= 0.3 is 0 Å². The van der Waals surface area contributed by atoms with Crippen molar-refractivity contribution in [2.24, 2.45) is 5.92 Å². The Morgan fingerprint density at radius 1 is 1.16 bits per heavy atom. The van der Waals surface area contributed by atoms with Crippen molar-refractivity contribution in [1.82, 2.24) is 9.21 Å². The lowest BCUT2D eigenvalue weighted by molar-refractivity contribution is -0.135. The van der Waals surface area contributed by atoms with Crippen LogP contribution in [-0.4, -0.2) is 56.8 Å². The second-order valence-electron chi connectivity index (χ2n) is 7.29. The van der Waals surface area contributed by atoms with Gasteiger partial charge < -0.3 is 9.64 Å². The molecule has 2 aromatic carbocycles. The molecule has 0 aliphatic carbocycles. The molecule has 1 heterocycles. The zero-order valence-corrected chi connectivity index (χ0v) is 19.3. The number of rotatable bonds is 7. The maximum absolute atomic E-state index is 13.4. The molecule has 0 N–H and O–H groups in total. The highest BCUT2D eigenvalue weighted by Crippen LogP contribution is 2.27. The molecule has 0 spiro atoms. The first-order chi connectivity index (χ1) is 14.7. The standard InChI is InChI=1S/C21H23Cl2FN2O4S/c1-25(12-13-30-20-5-3-2-4-17(20)22)21(27)15-8-10-26(11-9-15)31(28,29)16-6-7-19(24)18(23)14-16/h2-7,14-15H,8-13H2,1H3. The van der Waals surface area contributed by atoms with Crippen LogP contribution >= 0.6 is 23.2 Å². The SMILES string of the molecule is CN(CCOc1ccccc1Cl)C(=O)C1CCN(S(=O)(=O)c2ccc(F)c(Cl)c2)CC1. The Morgan fingerprint density at radius 2 is 1.84 bits per heavy atom. The maximum atomic E-state index is 13.4. The highest BCUT2D eigenvalue weighted by molar-refractivity contribution is 7.89. The Balaban J connectivity index is 1.51. The normalized spacial score (nSPS) is 15.6. The molecule has 168 valence electrons. The molecule has 10 heteroatoms. The Morgan fingerprint density at radius 3 is 2.48 bits per heavy atom. The predicted octanol–water partition coefficient (Wildman–Crippen LogP) is 4.07. The van der Waals surface area contributed by atoms with Crippen molar-refractivity contribution in [1.29, 1.82) is 0 Å². The molecule has 3 rings (SSSR count). The Labute approximate surface area is 191 Å². The molecule has 0 unspecified atom stereocenters. The average molecular weight is 489 g/mol. The van der Waals surface area contributed by atoms with E-state index in [1.165, 1.54) is 10.4 Å². The molecule has 0 bridgehead atoms. The topological polar surface area (TPSA) is 66.9 Å². The molecule has 0 atom stereocenters. The molecule has 2 aromatic rings. The summed E-state index contributed by atoms with van der Waals surface area (Å²) >= 11 is 11.8. The fourth-order valence-corrected chi connectivity index (χ4v) is 5.34. The number of benzene rings is 2. The van der Waals surface area contributed by atoms with E-state index in [-0.39, 0.29) is 34.8 Å². The van der Waals surface area contributed by atoms with Crippen LogP contribution in [0.5, 0.6) is 5.75 Å². The van der Waals surface area contributed by atoms with Gasteiger partial charge in [-0.1, -0.05) is 35.3 Å². The van der Waals surface area contributed by atoms with Gasteiger partial charge in [0.25, 0.3) is 0 Å². The summed E-state index contributed by atoms with van der Waals surface area (Å²) in [5.41, 5.74) is 0. The van der Waals surface area contributed by atoms with Gasteiger partial charge in [-0.25, -0.2) is 12.8 Å². The van der Waals surface area contributed by atoms with E-state index in [0.29, 0.717) is 36.8 Å². The van der Waals surface area contributed by atoms with Gasteiger partial charge in [0.1, 0.15) is 18.2 Å². The zero-order valence-electron chi connectivity index (χ0n) is 16.9. The number of likely N-dealkylation sites (N-methyl/N-ethyl adjacent to an activating group) is 1. The first kappa shape index (κ1) is 23.8. The minimum atomic E-state index is -3.79. The average Bonchev–Trinajstić information content (AvgIpc) is 2.76. The maximum Gasteiger partial charge on any atom is 0.243 e. The van der Waals surface area contributed by atoms with Crippen LogP contribution in [-0.2, 0) is 14.8 Å². The number of hydrogen-bond acceptors (Lipinski definition) is 4. The highest BCUT2D eigenvalue weighted by atomic mass is 35.5. The lowest BCUT2D eigenvalue weighted by Gasteiger charge is -2.32. The van der Waals surface area contributed by atoms with Crippen molar-refractivity contribution in [2.75, 3.05) is 33.3 Å². The summed E-state index contributed by atoms with van der Waals surface area (Å²) in [7, 11) is -2.10. The summed E-state index contributed by atoms with van der Waals surface area (Å²) in [6.45, 7) is 1.09. The number of amides is 1. The van der Waals surface area contributed by atoms with E-state index in [9.17, 15) is 17.6 Å². The second kappa shape index (κ2) is 10.2. The lowest BCUT2D eigenvalue weighted by atomic mass is 9.97. The van der Waals surface area contributed by atoms with Crippen molar-refractivity contribution in [3.8, 4) is 5.75 Å². The predicted molar refractivity (Wildman–Crippen MR) is 117 cm³/mol. The summed E-state index contributed by atoms with van der Waals surface area (Å²) in [4.78, 5) is 14.3. The summed E-state index contributed by atoms with van der Waals surface area (Å²) < 4.78 is 45.9. The first-order valence-corrected chi connectivity index (χ1v) is 12.0. The Kier molecular flexibility index (Phi) is 7.80. The van der Waals surface area contributed by atoms with E-state index in [4.69, 9.17) is 27.9 Å². The third-order valence-electron chi connectivity index (χ3n) is 5.23. The van der Waals surface area contributed by atoms with Crippen LogP contribution in [0.3, 0.4) is 0 Å². The van der Waals surface area contributed by atoms with E-state index >= 15 is 0 Å². The first-order valence-electron chi connectivity index (χ1n) is 9.77. The van der Waals surface area contributed by atoms with Crippen LogP contribution in [0.25, 0.3) is 0 Å². The van der Waals surface area contributed by atoms with Crippen molar-refractivity contribution in [3.63, 3.8) is 0 Å². The Hall–Kier alpha value is -1.87. The van der Waals surface area contributed by atoms with Crippen LogP contribution in [0.4, 0.5) is 4.39 Å². The lowest BCUT2D eigenvalue weighted by Crippen LogP contribution is -2.44.